The summed E-state index contributed by atoms with van der Waals surface area (Å²) in [5.41, 5.74) is 0.874. The first-order valence-corrected chi connectivity index (χ1v) is 10.0. The highest BCUT2D eigenvalue weighted by Gasteiger charge is 2.22. The monoisotopic (exact) mass is 406 g/mol. The largest absolute Gasteiger partial charge is 0.467 e. The van der Waals surface area contributed by atoms with Gasteiger partial charge in [-0.3, -0.25) is 4.57 Å². The summed E-state index contributed by atoms with van der Waals surface area (Å²) >= 11 is 1.51. The number of hydrogen-bond donors (Lipinski definition) is 0. The van der Waals surface area contributed by atoms with Crippen molar-refractivity contribution in [2.45, 2.75) is 36.9 Å². The standard InChI is InChI=1S/C19H20F2N4O2S/c20-17(21)27-15-6-3-5-14(11-15)13-28-19-23-22-18(24-8-1-2-9-24)25(19)12-16-7-4-10-26-16/h3-7,10-11,17H,1-2,8-9,12-13H2. The SMILES string of the molecule is FC(F)Oc1cccc(CSc2nnc(N3CCCC3)n2Cc2ccco2)c1. The average Bonchev–Trinajstić information content (AvgIpc) is 3.43. The molecule has 0 amide bonds. The summed E-state index contributed by atoms with van der Waals surface area (Å²) in [4.78, 5) is 2.23. The van der Waals surface area contributed by atoms with Crippen LogP contribution >= 0.6 is 11.8 Å². The summed E-state index contributed by atoms with van der Waals surface area (Å²) in [6, 6.07) is 10.5. The second-order valence-electron chi connectivity index (χ2n) is 6.46. The molecule has 3 heterocycles. The predicted molar refractivity (Wildman–Crippen MR) is 102 cm³/mol. The Morgan fingerprint density at radius 2 is 2.00 bits per heavy atom. The van der Waals surface area contributed by atoms with E-state index < -0.39 is 6.61 Å². The third-order valence-corrected chi connectivity index (χ3v) is 5.51. The summed E-state index contributed by atoms with van der Waals surface area (Å²) in [6.45, 7) is -0.354. The molecule has 1 saturated heterocycles. The minimum atomic E-state index is -2.83. The fourth-order valence-corrected chi connectivity index (χ4v) is 4.07. The number of nitrogens with zero attached hydrogens (tertiary/aromatic N) is 4. The van der Waals surface area contributed by atoms with Gasteiger partial charge >= 0.3 is 6.61 Å². The highest BCUT2D eigenvalue weighted by molar-refractivity contribution is 7.98. The maximum atomic E-state index is 12.4. The topological polar surface area (TPSA) is 56.3 Å². The first-order valence-electron chi connectivity index (χ1n) is 9.06. The van der Waals surface area contributed by atoms with E-state index in [0.717, 1.165) is 48.4 Å². The molecular weight excluding hydrogens is 386 g/mol. The molecule has 0 N–H and O–H groups in total. The van der Waals surface area contributed by atoms with Gasteiger partial charge in [0.15, 0.2) is 5.16 Å². The average molecular weight is 406 g/mol. The number of aromatic nitrogens is 3. The maximum absolute atomic E-state index is 12.4. The molecule has 0 unspecified atom stereocenters. The first-order chi connectivity index (χ1) is 13.7. The molecule has 2 aromatic heterocycles. The van der Waals surface area contributed by atoms with E-state index >= 15 is 0 Å². The molecule has 28 heavy (non-hydrogen) atoms. The van der Waals surface area contributed by atoms with Crippen molar-refractivity contribution in [2.75, 3.05) is 18.0 Å². The van der Waals surface area contributed by atoms with E-state index in [1.165, 1.54) is 17.8 Å². The molecule has 1 fully saturated rings. The lowest BCUT2D eigenvalue weighted by atomic mass is 10.2. The van der Waals surface area contributed by atoms with E-state index in [4.69, 9.17) is 4.42 Å². The highest BCUT2D eigenvalue weighted by atomic mass is 32.2. The lowest BCUT2D eigenvalue weighted by Crippen LogP contribution is -2.22. The summed E-state index contributed by atoms with van der Waals surface area (Å²) < 4.78 is 36.9. The Bertz CT molecular complexity index is 895. The molecule has 148 valence electrons. The van der Waals surface area contributed by atoms with Crippen LogP contribution in [0, 0.1) is 0 Å². The van der Waals surface area contributed by atoms with Crippen LogP contribution in [0.25, 0.3) is 0 Å². The van der Waals surface area contributed by atoms with Crippen LogP contribution in [-0.4, -0.2) is 34.5 Å². The van der Waals surface area contributed by atoms with Crippen LogP contribution in [0.3, 0.4) is 0 Å². The zero-order valence-electron chi connectivity index (χ0n) is 15.1. The number of benzene rings is 1. The molecule has 0 bridgehead atoms. The lowest BCUT2D eigenvalue weighted by molar-refractivity contribution is -0.0498. The van der Waals surface area contributed by atoms with Crippen LogP contribution in [0.4, 0.5) is 14.7 Å². The van der Waals surface area contributed by atoms with Crippen molar-refractivity contribution in [3.8, 4) is 5.75 Å². The normalized spacial score (nSPS) is 14.2. The Kier molecular flexibility index (Phi) is 5.80. The lowest BCUT2D eigenvalue weighted by Gasteiger charge is -2.17. The van der Waals surface area contributed by atoms with E-state index in [1.54, 1.807) is 18.4 Å². The first kappa shape index (κ1) is 18.8. The van der Waals surface area contributed by atoms with Crippen LogP contribution < -0.4 is 9.64 Å². The van der Waals surface area contributed by atoms with Crippen molar-refractivity contribution in [1.29, 1.82) is 0 Å². The van der Waals surface area contributed by atoms with Gasteiger partial charge in [-0.1, -0.05) is 23.9 Å². The van der Waals surface area contributed by atoms with Crippen molar-refractivity contribution in [1.82, 2.24) is 14.8 Å². The summed E-state index contributed by atoms with van der Waals surface area (Å²) in [6.07, 6.45) is 3.94. The van der Waals surface area contributed by atoms with E-state index in [1.807, 2.05) is 22.8 Å². The Morgan fingerprint density at radius 3 is 2.75 bits per heavy atom. The third kappa shape index (κ3) is 4.46. The Morgan fingerprint density at radius 1 is 1.14 bits per heavy atom. The molecule has 0 radical (unpaired) electrons. The molecule has 0 atom stereocenters. The van der Waals surface area contributed by atoms with Crippen LogP contribution in [0.2, 0.25) is 0 Å². The number of ether oxygens (including phenoxy) is 1. The maximum Gasteiger partial charge on any atom is 0.387 e. The van der Waals surface area contributed by atoms with E-state index in [0.29, 0.717) is 12.3 Å². The molecular formula is C19H20F2N4O2S. The molecule has 1 aromatic carbocycles. The summed E-state index contributed by atoms with van der Waals surface area (Å²) in [5, 5.41) is 9.53. The Balaban J connectivity index is 1.52. The molecule has 9 heteroatoms. The summed E-state index contributed by atoms with van der Waals surface area (Å²) in [7, 11) is 0. The van der Waals surface area contributed by atoms with Crippen molar-refractivity contribution in [2.24, 2.45) is 0 Å². The van der Waals surface area contributed by atoms with Crippen molar-refractivity contribution < 1.29 is 17.9 Å². The zero-order valence-corrected chi connectivity index (χ0v) is 15.9. The smallest absolute Gasteiger partial charge is 0.387 e. The molecule has 0 aliphatic carbocycles. The molecule has 1 aliphatic heterocycles. The van der Waals surface area contributed by atoms with Gasteiger partial charge in [-0.05, 0) is 42.7 Å². The van der Waals surface area contributed by atoms with Gasteiger partial charge in [-0.2, -0.15) is 8.78 Å². The van der Waals surface area contributed by atoms with Crippen molar-refractivity contribution >= 4 is 17.7 Å². The van der Waals surface area contributed by atoms with Gasteiger partial charge < -0.3 is 14.1 Å². The van der Waals surface area contributed by atoms with E-state index in [9.17, 15) is 8.78 Å². The minimum Gasteiger partial charge on any atom is -0.467 e. The second-order valence-corrected chi connectivity index (χ2v) is 7.40. The molecule has 3 aromatic rings. The fourth-order valence-electron chi connectivity index (χ4n) is 3.19. The van der Waals surface area contributed by atoms with Gasteiger partial charge in [0.05, 0.1) is 12.8 Å². The van der Waals surface area contributed by atoms with E-state index in [-0.39, 0.29) is 5.75 Å². The summed E-state index contributed by atoms with van der Waals surface area (Å²) in [5.74, 6) is 2.39. The van der Waals surface area contributed by atoms with E-state index in [2.05, 4.69) is 19.8 Å². The minimum absolute atomic E-state index is 0.155. The fraction of sp³-hybridized carbons (Fsp3) is 0.368. The highest BCUT2D eigenvalue weighted by Crippen LogP contribution is 2.29. The van der Waals surface area contributed by atoms with Crippen molar-refractivity contribution in [3.63, 3.8) is 0 Å². The van der Waals surface area contributed by atoms with Gasteiger partial charge in [0, 0.05) is 18.8 Å². The predicted octanol–water partition coefficient (Wildman–Crippen LogP) is 4.41. The van der Waals surface area contributed by atoms with Crippen LogP contribution in [0.15, 0.2) is 52.2 Å². The number of furan rings is 1. The zero-order chi connectivity index (χ0) is 19.3. The van der Waals surface area contributed by atoms with Gasteiger partial charge in [0.2, 0.25) is 5.95 Å². The van der Waals surface area contributed by atoms with Crippen LogP contribution in [-0.2, 0) is 12.3 Å². The molecule has 0 spiro atoms. The molecule has 0 saturated carbocycles. The number of halogens is 2. The van der Waals surface area contributed by atoms with Gasteiger partial charge in [-0.25, -0.2) is 0 Å². The second kappa shape index (κ2) is 8.64. The number of anilines is 1. The number of alkyl halides is 2. The number of thioether (sulfide) groups is 1. The van der Waals surface area contributed by atoms with Gasteiger partial charge in [-0.15, -0.1) is 10.2 Å². The van der Waals surface area contributed by atoms with Crippen molar-refractivity contribution in [3.05, 3.63) is 54.0 Å². The van der Waals surface area contributed by atoms with Crippen LogP contribution in [0.5, 0.6) is 5.75 Å². The van der Waals surface area contributed by atoms with Gasteiger partial charge in [0.1, 0.15) is 11.5 Å². The van der Waals surface area contributed by atoms with Crippen LogP contribution in [0.1, 0.15) is 24.2 Å². The quantitative estimate of drug-likeness (QED) is 0.517. The Hall–Kier alpha value is -2.55. The Labute approximate surface area is 165 Å². The molecule has 6 nitrogen and oxygen atoms in total. The van der Waals surface area contributed by atoms with Gasteiger partial charge in [0.25, 0.3) is 0 Å². The molecule has 1 aliphatic rings. The molecule has 4 rings (SSSR count). The third-order valence-electron chi connectivity index (χ3n) is 4.47. The number of hydrogen-bond acceptors (Lipinski definition) is 6. The number of rotatable bonds is 8.